The standard InChI is InChI=1S/C26H30N2O4S/c1-26(2,3)32-25(29)20-11-13-21(14-12-20)27-22-15-17-28(18-16-22)33(30,31)24-10-6-8-19-7-4-5-9-23(19)24/h4-14,22,27H,15-18H2,1-3H3. The molecule has 3 aromatic rings. The predicted octanol–water partition coefficient (Wildman–Crippen LogP) is 5.06. The number of nitrogens with zero attached hydrogens (tertiary/aromatic N) is 1. The Balaban J connectivity index is 1.38. The van der Waals surface area contributed by atoms with Crippen molar-refractivity contribution < 1.29 is 17.9 Å². The minimum atomic E-state index is -3.56. The Kier molecular flexibility index (Phi) is 6.45. The van der Waals surface area contributed by atoms with Gasteiger partial charge in [-0.3, -0.25) is 0 Å². The molecular weight excluding hydrogens is 436 g/mol. The van der Waals surface area contributed by atoms with E-state index >= 15 is 0 Å². The number of benzene rings is 3. The molecule has 0 radical (unpaired) electrons. The lowest BCUT2D eigenvalue weighted by Crippen LogP contribution is -2.42. The molecule has 0 amide bonds. The molecule has 0 bridgehead atoms. The molecule has 4 rings (SSSR count). The van der Waals surface area contributed by atoms with Crippen LogP contribution in [-0.4, -0.2) is 43.4 Å². The summed E-state index contributed by atoms with van der Waals surface area (Å²) in [6.45, 7) is 6.44. The fourth-order valence-corrected chi connectivity index (χ4v) is 5.76. The number of hydrogen-bond acceptors (Lipinski definition) is 5. The summed E-state index contributed by atoms with van der Waals surface area (Å²) in [5.41, 5.74) is 0.873. The first-order chi connectivity index (χ1) is 15.6. The van der Waals surface area contributed by atoms with E-state index < -0.39 is 15.6 Å². The van der Waals surface area contributed by atoms with E-state index in [0.29, 0.717) is 36.4 Å². The van der Waals surface area contributed by atoms with Gasteiger partial charge >= 0.3 is 5.97 Å². The molecule has 0 unspecified atom stereocenters. The van der Waals surface area contributed by atoms with Crippen molar-refractivity contribution >= 4 is 32.5 Å². The third-order valence-electron chi connectivity index (χ3n) is 5.71. The van der Waals surface area contributed by atoms with Crippen LogP contribution >= 0.6 is 0 Å². The summed E-state index contributed by atoms with van der Waals surface area (Å²) in [7, 11) is -3.56. The molecule has 0 saturated carbocycles. The van der Waals surface area contributed by atoms with Gasteiger partial charge in [0.15, 0.2) is 0 Å². The number of rotatable bonds is 5. The van der Waals surface area contributed by atoms with Crippen molar-refractivity contribution in [3.8, 4) is 0 Å². The number of ether oxygens (including phenoxy) is 1. The van der Waals surface area contributed by atoms with E-state index in [1.807, 2.05) is 63.2 Å². The average molecular weight is 467 g/mol. The first-order valence-corrected chi connectivity index (χ1v) is 12.7. The summed E-state index contributed by atoms with van der Waals surface area (Å²) < 4.78 is 33.6. The van der Waals surface area contributed by atoms with Crippen molar-refractivity contribution in [2.24, 2.45) is 0 Å². The summed E-state index contributed by atoms with van der Waals surface area (Å²) in [6, 6.07) is 20.4. The lowest BCUT2D eigenvalue weighted by Gasteiger charge is -2.32. The monoisotopic (exact) mass is 466 g/mol. The second-order valence-corrected chi connectivity index (χ2v) is 11.3. The van der Waals surface area contributed by atoms with Crippen LogP contribution in [0.5, 0.6) is 0 Å². The summed E-state index contributed by atoms with van der Waals surface area (Å²) >= 11 is 0. The topological polar surface area (TPSA) is 75.7 Å². The molecule has 0 aromatic heterocycles. The highest BCUT2D eigenvalue weighted by Crippen LogP contribution is 2.28. The van der Waals surface area contributed by atoms with Crippen molar-refractivity contribution in [3.63, 3.8) is 0 Å². The van der Waals surface area contributed by atoms with Crippen LogP contribution in [0.2, 0.25) is 0 Å². The molecule has 174 valence electrons. The van der Waals surface area contributed by atoms with E-state index in [4.69, 9.17) is 4.74 Å². The van der Waals surface area contributed by atoms with E-state index in [0.717, 1.165) is 16.5 Å². The molecule has 1 fully saturated rings. The number of esters is 1. The molecule has 1 N–H and O–H groups in total. The average Bonchev–Trinajstić information content (AvgIpc) is 2.78. The second-order valence-electron chi connectivity index (χ2n) is 9.38. The molecule has 33 heavy (non-hydrogen) atoms. The van der Waals surface area contributed by atoms with Gasteiger partial charge in [-0.25, -0.2) is 13.2 Å². The van der Waals surface area contributed by atoms with Crippen LogP contribution in [0, 0.1) is 0 Å². The van der Waals surface area contributed by atoms with Crippen molar-refractivity contribution in [1.29, 1.82) is 0 Å². The quantitative estimate of drug-likeness (QED) is 0.532. The third-order valence-corrected chi connectivity index (χ3v) is 7.67. The van der Waals surface area contributed by atoms with Gasteiger partial charge in [-0.15, -0.1) is 0 Å². The lowest BCUT2D eigenvalue weighted by atomic mass is 10.1. The number of piperidine rings is 1. The molecular formula is C26H30N2O4S. The third kappa shape index (κ3) is 5.37. The highest BCUT2D eigenvalue weighted by molar-refractivity contribution is 7.89. The summed E-state index contributed by atoms with van der Waals surface area (Å²) in [6.07, 6.45) is 1.41. The predicted molar refractivity (Wildman–Crippen MR) is 131 cm³/mol. The Bertz CT molecular complexity index is 1230. The van der Waals surface area contributed by atoms with Gasteiger partial charge in [0.2, 0.25) is 10.0 Å². The SMILES string of the molecule is CC(C)(C)OC(=O)c1ccc(NC2CCN(S(=O)(=O)c3cccc4ccccc34)CC2)cc1. The molecule has 7 heteroatoms. The number of fused-ring (bicyclic) bond motifs is 1. The molecule has 1 aliphatic heterocycles. The van der Waals surface area contributed by atoms with Crippen LogP contribution in [0.4, 0.5) is 5.69 Å². The van der Waals surface area contributed by atoms with Gasteiger partial charge in [0.1, 0.15) is 5.60 Å². The lowest BCUT2D eigenvalue weighted by molar-refractivity contribution is 0.00695. The zero-order chi connectivity index (χ0) is 23.6. The van der Waals surface area contributed by atoms with Crippen LogP contribution < -0.4 is 5.32 Å². The molecule has 6 nitrogen and oxygen atoms in total. The van der Waals surface area contributed by atoms with Gasteiger partial charge in [-0.2, -0.15) is 4.31 Å². The maximum atomic E-state index is 13.3. The smallest absolute Gasteiger partial charge is 0.338 e. The van der Waals surface area contributed by atoms with Crippen molar-refractivity contribution in [1.82, 2.24) is 4.31 Å². The number of nitrogens with one attached hydrogen (secondary N) is 1. The van der Waals surface area contributed by atoms with Crippen molar-refractivity contribution in [2.45, 2.75) is 50.2 Å². The van der Waals surface area contributed by atoms with Gasteiger partial charge in [0.05, 0.1) is 10.5 Å². The number of carbonyl (C=O) groups excluding carboxylic acids is 1. The first-order valence-electron chi connectivity index (χ1n) is 11.2. The number of hydrogen-bond donors (Lipinski definition) is 1. The number of anilines is 1. The van der Waals surface area contributed by atoms with Crippen LogP contribution in [-0.2, 0) is 14.8 Å². The highest BCUT2D eigenvalue weighted by atomic mass is 32.2. The fourth-order valence-electron chi connectivity index (χ4n) is 4.08. The maximum absolute atomic E-state index is 13.3. The molecule has 3 aromatic carbocycles. The van der Waals surface area contributed by atoms with Crippen LogP contribution in [0.1, 0.15) is 44.0 Å². The minimum absolute atomic E-state index is 0.163. The molecule has 0 aliphatic carbocycles. The van der Waals surface area contributed by atoms with Crippen molar-refractivity contribution in [2.75, 3.05) is 18.4 Å². The van der Waals surface area contributed by atoms with Gasteiger partial charge in [0, 0.05) is 30.2 Å². The second kappa shape index (κ2) is 9.15. The van der Waals surface area contributed by atoms with E-state index in [1.165, 1.54) is 0 Å². The molecule has 1 heterocycles. The van der Waals surface area contributed by atoms with Crippen LogP contribution in [0.25, 0.3) is 10.8 Å². The Morgan fingerprint density at radius 1 is 0.939 bits per heavy atom. The van der Waals surface area contributed by atoms with Gasteiger partial charge < -0.3 is 10.1 Å². The van der Waals surface area contributed by atoms with E-state index in [2.05, 4.69) is 5.32 Å². The highest BCUT2D eigenvalue weighted by Gasteiger charge is 2.30. The van der Waals surface area contributed by atoms with Crippen LogP contribution in [0.15, 0.2) is 71.6 Å². The summed E-state index contributed by atoms with van der Waals surface area (Å²) in [4.78, 5) is 12.6. The number of sulfonamides is 1. The summed E-state index contributed by atoms with van der Waals surface area (Å²) in [5, 5.41) is 5.14. The van der Waals surface area contributed by atoms with Crippen LogP contribution in [0.3, 0.4) is 0 Å². The largest absolute Gasteiger partial charge is 0.456 e. The van der Waals surface area contributed by atoms with E-state index in [1.54, 1.807) is 28.6 Å². The first kappa shape index (κ1) is 23.3. The molecule has 0 spiro atoms. The molecule has 1 aliphatic rings. The van der Waals surface area contributed by atoms with Gasteiger partial charge in [0.25, 0.3) is 0 Å². The molecule has 1 saturated heterocycles. The van der Waals surface area contributed by atoms with E-state index in [-0.39, 0.29) is 12.0 Å². The minimum Gasteiger partial charge on any atom is -0.456 e. The normalized spacial score (nSPS) is 16.0. The Labute approximate surface area is 195 Å². The Hall–Kier alpha value is -2.90. The Morgan fingerprint density at radius 3 is 2.24 bits per heavy atom. The Morgan fingerprint density at radius 2 is 1.58 bits per heavy atom. The fraction of sp³-hybridized carbons (Fsp3) is 0.346. The maximum Gasteiger partial charge on any atom is 0.338 e. The zero-order valence-electron chi connectivity index (χ0n) is 19.2. The van der Waals surface area contributed by atoms with E-state index in [9.17, 15) is 13.2 Å². The number of carbonyl (C=O) groups is 1. The zero-order valence-corrected chi connectivity index (χ0v) is 20.1. The molecule has 0 atom stereocenters. The van der Waals surface area contributed by atoms with Gasteiger partial charge in [-0.1, -0.05) is 36.4 Å². The van der Waals surface area contributed by atoms with Crippen molar-refractivity contribution in [3.05, 3.63) is 72.3 Å². The van der Waals surface area contributed by atoms with Gasteiger partial charge in [-0.05, 0) is 69.3 Å². The summed E-state index contributed by atoms with van der Waals surface area (Å²) in [5.74, 6) is -0.346.